The van der Waals surface area contributed by atoms with Gasteiger partial charge in [0.15, 0.2) is 0 Å². The fourth-order valence-electron chi connectivity index (χ4n) is 4.31. The van der Waals surface area contributed by atoms with Crippen molar-refractivity contribution in [3.05, 3.63) is 70.8 Å². The van der Waals surface area contributed by atoms with E-state index in [1.165, 1.54) is 22.3 Å². The lowest BCUT2D eigenvalue weighted by atomic mass is 9.75. The van der Waals surface area contributed by atoms with Crippen LogP contribution in [0, 0.1) is 5.92 Å². The molecule has 0 saturated carbocycles. The second kappa shape index (κ2) is 5.93. The van der Waals surface area contributed by atoms with E-state index in [0.717, 1.165) is 25.9 Å². The Balaban J connectivity index is 1.88. The van der Waals surface area contributed by atoms with Crippen molar-refractivity contribution in [1.29, 1.82) is 0 Å². The number of hydrogen-bond donors (Lipinski definition) is 0. The summed E-state index contributed by atoms with van der Waals surface area (Å²) in [4.78, 5) is 15.1. The molecule has 2 heteroatoms. The van der Waals surface area contributed by atoms with Gasteiger partial charge in [-0.3, -0.25) is 4.79 Å². The van der Waals surface area contributed by atoms with Crippen LogP contribution in [0.4, 0.5) is 0 Å². The summed E-state index contributed by atoms with van der Waals surface area (Å²) in [7, 11) is 2.13. The maximum Gasteiger partial charge on any atom is 0.139 e. The number of carbonyl (C=O) groups is 1. The van der Waals surface area contributed by atoms with Crippen molar-refractivity contribution in [2.24, 2.45) is 5.92 Å². The molecule has 1 fully saturated rings. The molecule has 0 bridgehead atoms. The van der Waals surface area contributed by atoms with Gasteiger partial charge in [0.1, 0.15) is 5.78 Å². The first-order valence-corrected chi connectivity index (χ1v) is 8.61. The van der Waals surface area contributed by atoms with Crippen molar-refractivity contribution >= 4 is 5.78 Å². The lowest BCUT2D eigenvalue weighted by Crippen LogP contribution is -2.41. The first-order valence-electron chi connectivity index (χ1n) is 8.61. The maximum absolute atomic E-state index is 12.7. The Morgan fingerprint density at radius 1 is 0.870 bits per heavy atom. The van der Waals surface area contributed by atoms with Crippen LogP contribution in [0.15, 0.2) is 48.5 Å². The van der Waals surface area contributed by atoms with Crippen molar-refractivity contribution in [2.75, 3.05) is 20.1 Å². The number of rotatable bonds is 1. The minimum absolute atomic E-state index is 0.0779. The monoisotopic (exact) mass is 305 g/mol. The number of ketones is 1. The molecule has 0 amide bonds. The van der Waals surface area contributed by atoms with Crippen LogP contribution in [-0.4, -0.2) is 30.8 Å². The van der Waals surface area contributed by atoms with E-state index < -0.39 is 0 Å². The molecule has 1 heterocycles. The van der Waals surface area contributed by atoms with Crippen molar-refractivity contribution in [3.63, 3.8) is 0 Å². The molecule has 2 aromatic carbocycles. The number of likely N-dealkylation sites (tertiary alicyclic amines) is 1. The Bertz CT molecular complexity index is 689. The zero-order valence-electron chi connectivity index (χ0n) is 13.7. The third-order valence-corrected chi connectivity index (χ3v) is 5.51. The quantitative estimate of drug-likeness (QED) is 0.804. The van der Waals surface area contributed by atoms with Gasteiger partial charge in [-0.15, -0.1) is 0 Å². The van der Waals surface area contributed by atoms with E-state index in [1.807, 2.05) is 0 Å². The number of Topliss-reactive ketones (excluding diaryl/α,β-unsaturated/α-hetero) is 1. The highest BCUT2D eigenvalue weighted by Gasteiger charge is 2.36. The van der Waals surface area contributed by atoms with Gasteiger partial charge in [0.25, 0.3) is 0 Å². The van der Waals surface area contributed by atoms with Gasteiger partial charge < -0.3 is 4.90 Å². The lowest BCUT2D eigenvalue weighted by Gasteiger charge is -2.35. The van der Waals surface area contributed by atoms with E-state index in [9.17, 15) is 4.79 Å². The number of piperidine rings is 1. The molecule has 0 spiro atoms. The van der Waals surface area contributed by atoms with Crippen LogP contribution in [0.25, 0.3) is 0 Å². The number of nitrogens with zero attached hydrogens (tertiary/aromatic N) is 1. The van der Waals surface area contributed by atoms with Gasteiger partial charge in [-0.2, -0.15) is 0 Å². The van der Waals surface area contributed by atoms with Crippen LogP contribution in [0.1, 0.15) is 34.6 Å². The molecule has 2 aliphatic rings. The van der Waals surface area contributed by atoms with E-state index in [0.29, 0.717) is 12.2 Å². The third kappa shape index (κ3) is 2.61. The number of fused-ring (bicyclic) bond motifs is 2. The highest BCUT2D eigenvalue weighted by molar-refractivity contribution is 5.84. The molecular formula is C21H23NO. The zero-order chi connectivity index (χ0) is 15.8. The van der Waals surface area contributed by atoms with E-state index in [2.05, 4.69) is 60.5 Å². The summed E-state index contributed by atoms with van der Waals surface area (Å²) in [5.41, 5.74) is 5.56. The van der Waals surface area contributed by atoms with E-state index >= 15 is 0 Å². The van der Waals surface area contributed by atoms with Crippen molar-refractivity contribution in [1.82, 2.24) is 4.90 Å². The standard InChI is InChI=1S/C21H23NO/c1-22-13-12-20(23)19(14-22)21-17-8-4-2-6-15(17)10-11-16-7-3-5-9-18(16)21/h2-9,19,21H,10-14H2,1H3. The van der Waals surface area contributed by atoms with Gasteiger partial charge in [0, 0.05) is 31.3 Å². The molecule has 1 unspecified atom stereocenters. The Morgan fingerprint density at radius 2 is 1.43 bits per heavy atom. The molecule has 0 N–H and O–H groups in total. The first kappa shape index (κ1) is 14.6. The molecule has 0 aromatic heterocycles. The van der Waals surface area contributed by atoms with Gasteiger partial charge in [0.2, 0.25) is 0 Å². The molecule has 2 nitrogen and oxygen atoms in total. The van der Waals surface area contributed by atoms with Crippen molar-refractivity contribution < 1.29 is 4.79 Å². The molecule has 2 aromatic rings. The second-order valence-corrected chi connectivity index (χ2v) is 6.96. The average molecular weight is 305 g/mol. The van der Waals surface area contributed by atoms with Crippen LogP contribution < -0.4 is 0 Å². The average Bonchev–Trinajstić information content (AvgIpc) is 2.74. The summed E-state index contributed by atoms with van der Waals surface area (Å²) in [5.74, 6) is 0.717. The smallest absolute Gasteiger partial charge is 0.139 e. The molecule has 1 aliphatic heterocycles. The first-order chi connectivity index (χ1) is 11.2. The Kier molecular flexibility index (Phi) is 3.78. The van der Waals surface area contributed by atoms with Crippen LogP contribution >= 0.6 is 0 Å². The summed E-state index contributed by atoms with van der Waals surface area (Å²) in [5, 5.41) is 0. The summed E-state index contributed by atoms with van der Waals surface area (Å²) in [6, 6.07) is 17.5. The van der Waals surface area contributed by atoms with Gasteiger partial charge in [-0.1, -0.05) is 48.5 Å². The van der Waals surface area contributed by atoms with Gasteiger partial charge in [-0.25, -0.2) is 0 Å². The summed E-state index contributed by atoms with van der Waals surface area (Å²) >= 11 is 0. The van der Waals surface area contributed by atoms with Gasteiger partial charge in [-0.05, 0) is 42.1 Å². The Hall–Kier alpha value is -1.93. The molecule has 1 atom stereocenters. The minimum Gasteiger partial charge on any atom is -0.305 e. The van der Waals surface area contributed by atoms with Crippen molar-refractivity contribution in [3.8, 4) is 0 Å². The zero-order valence-corrected chi connectivity index (χ0v) is 13.7. The molecule has 1 saturated heterocycles. The maximum atomic E-state index is 12.7. The van der Waals surface area contributed by atoms with Gasteiger partial charge >= 0.3 is 0 Å². The van der Waals surface area contributed by atoms with E-state index in [1.54, 1.807) is 0 Å². The molecule has 0 radical (unpaired) electrons. The molecule has 1 aliphatic carbocycles. The predicted octanol–water partition coefficient (Wildman–Crippen LogP) is 3.44. The molecule has 118 valence electrons. The normalized spacial score (nSPS) is 22.3. The topological polar surface area (TPSA) is 20.3 Å². The molecular weight excluding hydrogens is 282 g/mol. The summed E-state index contributed by atoms with van der Waals surface area (Å²) < 4.78 is 0. The third-order valence-electron chi connectivity index (χ3n) is 5.51. The summed E-state index contributed by atoms with van der Waals surface area (Å²) in [6.45, 7) is 1.76. The summed E-state index contributed by atoms with van der Waals surface area (Å²) in [6.07, 6.45) is 2.82. The highest BCUT2D eigenvalue weighted by Crippen LogP contribution is 2.41. The lowest BCUT2D eigenvalue weighted by molar-refractivity contribution is -0.126. The number of benzene rings is 2. The number of hydrogen-bond acceptors (Lipinski definition) is 2. The van der Waals surface area contributed by atoms with Crippen LogP contribution in [0.3, 0.4) is 0 Å². The largest absolute Gasteiger partial charge is 0.305 e. The minimum atomic E-state index is 0.0779. The highest BCUT2D eigenvalue weighted by atomic mass is 16.1. The Morgan fingerprint density at radius 3 is 2.04 bits per heavy atom. The van der Waals surface area contributed by atoms with E-state index in [4.69, 9.17) is 0 Å². The van der Waals surface area contributed by atoms with E-state index in [-0.39, 0.29) is 11.8 Å². The van der Waals surface area contributed by atoms with Crippen LogP contribution in [0.2, 0.25) is 0 Å². The fraction of sp³-hybridized carbons (Fsp3) is 0.381. The van der Waals surface area contributed by atoms with Crippen molar-refractivity contribution in [2.45, 2.75) is 25.2 Å². The van der Waals surface area contributed by atoms with Crippen LogP contribution in [0.5, 0.6) is 0 Å². The number of carbonyl (C=O) groups excluding carboxylic acids is 1. The second-order valence-electron chi connectivity index (χ2n) is 6.96. The molecule has 4 rings (SSSR count). The fourth-order valence-corrected chi connectivity index (χ4v) is 4.31. The Labute approximate surface area is 138 Å². The predicted molar refractivity (Wildman–Crippen MR) is 92.7 cm³/mol. The number of aryl methyl sites for hydroxylation is 2. The van der Waals surface area contributed by atoms with Gasteiger partial charge in [0.05, 0.1) is 0 Å². The van der Waals surface area contributed by atoms with Crippen LogP contribution in [-0.2, 0) is 17.6 Å². The molecule has 23 heavy (non-hydrogen) atoms. The SMILES string of the molecule is CN1CCC(=O)C(C2c3ccccc3CCc3ccccc32)C1.